The van der Waals surface area contributed by atoms with Crippen molar-refractivity contribution in [3.05, 3.63) is 59.7 Å². The van der Waals surface area contributed by atoms with Gasteiger partial charge in [-0.2, -0.15) is 0 Å². The van der Waals surface area contributed by atoms with E-state index in [1.807, 2.05) is 38.1 Å². The Morgan fingerprint density at radius 2 is 1.96 bits per heavy atom. The lowest BCUT2D eigenvalue weighted by atomic mass is 10.2. The molecule has 0 bridgehead atoms. The zero-order valence-corrected chi connectivity index (χ0v) is 18.4. The monoisotopic (exact) mass is 486 g/mol. The first kappa shape index (κ1) is 23.1. The number of halogens is 2. The minimum Gasteiger partial charge on any atom is -0.492 e. The van der Waals surface area contributed by atoms with Crippen LogP contribution in [-0.4, -0.2) is 49.1 Å². The van der Waals surface area contributed by atoms with Crippen molar-refractivity contribution in [2.24, 2.45) is 4.99 Å². The number of benzene rings is 1. The number of nitrogens with one attached hydrogen (secondary N) is 1. The van der Waals surface area contributed by atoms with Gasteiger partial charge in [0.15, 0.2) is 5.96 Å². The molecule has 0 saturated heterocycles. The third kappa shape index (κ3) is 8.55. The van der Waals surface area contributed by atoms with E-state index in [9.17, 15) is 4.39 Å². The zero-order chi connectivity index (χ0) is 18.8. The molecule has 1 aromatic heterocycles. The minimum absolute atomic E-state index is 0. The highest BCUT2D eigenvalue weighted by Gasteiger charge is 2.06. The van der Waals surface area contributed by atoms with Gasteiger partial charge in [0.25, 0.3) is 0 Å². The molecule has 1 heterocycles. The fourth-order valence-corrected chi connectivity index (χ4v) is 2.34. The number of nitrogens with zero attached hydrogens (tertiary/aromatic N) is 3. The van der Waals surface area contributed by atoms with E-state index >= 15 is 0 Å². The van der Waals surface area contributed by atoms with Crippen molar-refractivity contribution < 1.29 is 9.13 Å². The van der Waals surface area contributed by atoms with Crippen LogP contribution in [0, 0.1) is 12.7 Å². The molecule has 2 aromatic rings. The summed E-state index contributed by atoms with van der Waals surface area (Å²) in [7, 11) is 1.98. The molecular formula is C20H28FIN4O. The second-order valence-corrected chi connectivity index (χ2v) is 6.02. The van der Waals surface area contributed by atoms with Crippen molar-refractivity contribution in [3.63, 3.8) is 0 Å². The normalized spacial score (nSPS) is 10.9. The largest absolute Gasteiger partial charge is 0.492 e. The molecule has 0 unspecified atom stereocenters. The standard InChI is InChI=1S/C20H27FN4O.HI/c1-4-22-20(23-12-11-17-6-5-16(2)24-15-17)25(3)13-14-26-19-9-7-18(21)8-10-19;/h5-10,15H,4,11-14H2,1-3H3,(H,22,23);1H. The van der Waals surface area contributed by atoms with Gasteiger partial charge in [0.1, 0.15) is 18.2 Å². The lowest BCUT2D eigenvalue weighted by Gasteiger charge is -2.22. The molecule has 148 valence electrons. The van der Waals surface area contributed by atoms with Crippen LogP contribution in [0.25, 0.3) is 0 Å². The summed E-state index contributed by atoms with van der Waals surface area (Å²) in [5, 5.41) is 3.29. The third-order valence-electron chi connectivity index (χ3n) is 3.84. The van der Waals surface area contributed by atoms with E-state index in [0.29, 0.717) is 25.4 Å². The van der Waals surface area contributed by atoms with Crippen molar-refractivity contribution in [3.8, 4) is 5.75 Å². The number of ether oxygens (including phenoxy) is 1. The van der Waals surface area contributed by atoms with Crippen molar-refractivity contribution in [1.82, 2.24) is 15.2 Å². The van der Waals surface area contributed by atoms with Crippen molar-refractivity contribution in [2.75, 3.05) is 33.3 Å². The highest BCUT2D eigenvalue weighted by molar-refractivity contribution is 14.0. The number of aliphatic imine (C=N–C) groups is 1. The maximum atomic E-state index is 12.9. The van der Waals surface area contributed by atoms with Gasteiger partial charge < -0.3 is 15.0 Å². The second-order valence-electron chi connectivity index (χ2n) is 6.02. The number of pyridine rings is 1. The van der Waals surface area contributed by atoms with Crippen molar-refractivity contribution in [2.45, 2.75) is 20.3 Å². The van der Waals surface area contributed by atoms with Crippen LogP contribution >= 0.6 is 24.0 Å². The Morgan fingerprint density at radius 1 is 1.22 bits per heavy atom. The van der Waals surface area contributed by atoms with Gasteiger partial charge in [0.05, 0.1) is 6.54 Å². The number of aryl methyl sites for hydroxylation is 1. The Balaban J connectivity index is 0.00000364. The molecule has 0 saturated carbocycles. The smallest absolute Gasteiger partial charge is 0.193 e. The Bertz CT molecular complexity index is 692. The number of aromatic nitrogens is 1. The van der Waals surface area contributed by atoms with Gasteiger partial charge >= 0.3 is 0 Å². The summed E-state index contributed by atoms with van der Waals surface area (Å²) in [4.78, 5) is 11.0. The molecule has 0 aliphatic carbocycles. The maximum Gasteiger partial charge on any atom is 0.193 e. The van der Waals surface area contributed by atoms with Crippen molar-refractivity contribution in [1.29, 1.82) is 0 Å². The summed E-state index contributed by atoms with van der Waals surface area (Å²) in [6, 6.07) is 10.2. The minimum atomic E-state index is -0.264. The van der Waals surface area contributed by atoms with Gasteiger partial charge in [-0.05, 0) is 56.2 Å². The molecule has 5 nitrogen and oxygen atoms in total. The predicted molar refractivity (Wildman–Crippen MR) is 119 cm³/mol. The summed E-state index contributed by atoms with van der Waals surface area (Å²) in [5.41, 5.74) is 2.20. The molecule has 1 aromatic carbocycles. The summed E-state index contributed by atoms with van der Waals surface area (Å²) in [5.74, 6) is 1.24. The molecule has 1 N–H and O–H groups in total. The topological polar surface area (TPSA) is 49.8 Å². The van der Waals surface area contributed by atoms with Crippen LogP contribution in [0.4, 0.5) is 4.39 Å². The van der Waals surface area contributed by atoms with Crippen molar-refractivity contribution >= 4 is 29.9 Å². The maximum absolute atomic E-state index is 12.9. The third-order valence-corrected chi connectivity index (χ3v) is 3.84. The van der Waals surface area contributed by atoms with E-state index < -0.39 is 0 Å². The van der Waals surface area contributed by atoms with Crippen LogP contribution in [0.2, 0.25) is 0 Å². The Morgan fingerprint density at radius 3 is 2.59 bits per heavy atom. The number of hydrogen-bond donors (Lipinski definition) is 1. The number of guanidine groups is 1. The van der Waals surface area contributed by atoms with Crippen LogP contribution in [0.1, 0.15) is 18.2 Å². The van der Waals surface area contributed by atoms with Gasteiger partial charge in [-0.15, -0.1) is 24.0 Å². The molecule has 0 amide bonds. The zero-order valence-electron chi connectivity index (χ0n) is 16.1. The highest BCUT2D eigenvalue weighted by Crippen LogP contribution is 2.10. The molecule has 2 rings (SSSR count). The first-order valence-corrected chi connectivity index (χ1v) is 8.88. The first-order valence-electron chi connectivity index (χ1n) is 8.88. The van der Waals surface area contributed by atoms with Crippen LogP contribution in [0.3, 0.4) is 0 Å². The number of rotatable bonds is 8. The average Bonchev–Trinajstić information content (AvgIpc) is 2.64. The van der Waals surface area contributed by atoms with Gasteiger partial charge in [0.2, 0.25) is 0 Å². The average molecular weight is 486 g/mol. The van der Waals surface area contributed by atoms with E-state index in [-0.39, 0.29) is 29.8 Å². The Hall–Kier alpha value is -1.90. The Labute approximate surface area is 178 Å². The number of hydrogen-bond acceptors (Lipinski definition) is 3. The fourth-order valence-electron chi connectivity index (χ4n) is 2.34. The molecule has 0 spiro atoms. The van der Waals surface area contributed by atoms with Crippen LogP contribution in [0.5, 0.6) is 5.75 Å². The van der Waals surface area contributed by atoms with Gasteiger partial charge in [-0.25, -0.2) is 4.39 Å². The first-order chi connectivity index (χ1) is 12.6. The van der Waals surface area contributed by atoms with E-state index in [4.69, 9.17) is 4.74 Å². The van der Waals surface area contributed by atoms with E-state index in [0.717, 1.165) is 24.6 Å². The molecular weight excluding hydrogens is 458 g/mol. The van der Waals surface area contributed by atoms with E-state index in [1.54, 1.807) is 12.1 Å². The molecule has 0 radical (unpaired) electrons. The molecule has 0 aliphatic rings. The Kier molecular flexibility index (Phi) is 10.7. The lowest BCUT2D eigenvalue weighted by Crippen LogP contribution is -2.41. The van der Waals surface area contributed by atoms with Gasteiger partial charge in [0, 0.05) is 32.0 Å². The molecule has 27 heavy (non-hydrogen) atoms. The van der Waals surface area contributed by atoms with Gasteiger partial charge in [-0.3, -0.25) is 9.98 Å². The molecule has 7 heteroatoms. The fraction of sp³-hybridized carbons (Fsp3) is 0.400. The quantitative estimate of drug-likeness (QED) is 0.352. The van der Waals surface area contributed by atoms with Crippen LogP contribution in [-0.2, 0) is 6.42 Å². The number of likely N-dealkylation sites (N-methyl/N-ethyl adjacent to an activating group) is 1. The summed E-state index contributed by atoms with van der Waals surface area (Å²) >= 11 is 0. The SMILES string of the molecule is CCNC(=NCCc1ccc(C)nc1)N(C)CCOc1ccc(F)cc1.I. The molecule has 0 aliphatic heterocycles. The second kappa shape index (κ2) is 12.5. The summed E-state index contributed by atoms with van der Waals surface area (Å²) < 4.78 is 18.5. The van der Waals surface area contributed by atoms with Gasteiger partial charge in [-0.1, -0.05) is 6.07 Å². The van der Waals surface area contributed by atoms with Crippen LogP contribution < -0.4 is 10.1 Å². The highest BCUT2D eigenvalue weighted by atomic mass is 127. The molecule has 0 fully saturated rings. The molecule has 0 atom stereocenters. The summed E-state index contributed by atoms with van der Waals surface area (Å²) in [6.07, 6.45) is 2.75. The van der Waals surface area contributed by atoms with E-state index in [2.05, 4.69) is 21.4 Å². The van der Waals surface area contributed by atoms with Crippen LogP contribution in [0.15, 0.2) is 47.6 Å². The predicted octanol–water partition coefficient (Wildman–Crippen LogP) is 3.67. The van der Waals surface area contributed by atoms with E-state index in [1.165, 1.54) is 17.7 Å². The lowest BCUT2D eigenvalue weighted by molar-refractivity contribution is 0.281. The summed E-state index contributed by atoms with van der Waals surface area (Å²) in [6.45, 7) is 6.69.